The predicted molar refractivity (Wildman–Crippen MR) is 66.8 cm³/mol. The molecule has 0 aliphatic rings. The number of rotatable bonds is 5. The molecule has 6 nitrogen and oxygen atoms in total. The zero-order chi connectivity index (χ0) is 12.8. The van der Waals surface area contributed by atoms with Crippen LogP contribution in [-0.4, -0.2) is 22.7 Å². The van der Waals surface area contributed by atoms with E-state index in [0.29, 0.717) is 18.1 Å². The second-order valence-electron chi connectivity index (χ2n) is 3.69. The minimum Gasteiger partial charge on any atom is -0.484 e. The maximum Gasteiger partial charge on any atom is 0.258 e. The fourth-order valence-electron chi connectivity index (χ4n) is 1.37. The lowest BCUT2D eigenvalue weighted by Crippen LogP contribution is -2.28. The number of carbonyl (C=O) groups excluding carboxylic acids is 1. The molecule has 4 N–H and O–H groups in total. The molecule has 0 aliphatic heterocycles. The minimum atomic E-state index is -0.209. The van der Waals surface area contributed by atoms with Crippen LogP contribution in [0.15, 0.2) is 36.5 Å². The standard InChI is InChI=1S/C12H14N4O2/c13-12-9(7-15-16-12)6-14-11(17)8-18-10-4-2-1-3-5-10/h1-5,7H,6,8H2,(H,14,17)(H3,13,15,16). The molecule has 1 amide bonds. The van der Waals surface area contributed by atoms with Crippen LogP contribution in [0.1, 0.15) is 5.56 Å². The third-order valence-corrected chi connectivity index (χ3v) is 2.34. The maximum atomic E-state index is 11.5. The predicted octanol–water partition coefficient (Wildman–Crippen LogP) is 0.687. The van der Waals surface area contributed by atoms with E-state index >= 15 is 0 Å². The minimum absolute atomic E-state index is 0.0260. The molecule has 0 aliphatic carbocycles. The van der Waals surface area contributed by atoms with Gasteiger partial charge in [-0.3, -0.25) is 9.89 Å². The van der Waals surface area contributed by atoms with Crippen molar-refractivity contribution < 1.29 is 9.53 Å². The molecular weight excluding hydrogens is 232 g/mol. The summed E-state index contributed by atoms with van der Waals surface area (Å²) in [7, 11) is 0. The lowest BCUT2D eigenvalue weighted by molar-refractivity contribution is -0.123. The van der Waals surface area contributed by atoms with E-state index < -0.39 is 0 Å². The molecule has 6 heteroatoms. The Labute approximate surface area is 104 Å². The van der Waals surface area contributed by atoms with Crippen LogP contribution in [0.2, 0.25) is 0 Å². The fourth-order valence-corrected chi connectivity index (χ4v) is 1.37. The molecule has 0 spiro atoms. The summed E-state index contributed by atoms with van der Waals surface area (Å²) in [6, 6.07) is 9.16. The highest BCUT2D eigenvalue weighted by Gasteiger charge is 2.05. The number of aromatic nitrogens is 2. The highest BCUT2D eigenvalue weighted by Crippen LogP contribution is 2.08. The number of aromatic amines is 1. The number of nitrogens with zero attached hydrogens (tertiary/aromatic N) is 1. The first kappa shape index (κ1) is 12.0. The van der Waals surface area contributed by atoms with E-state index in [-0.39, 0.29) is 12.5 Å². The summed E-state index contributed by atoms with van der Waals surface area (Å²) in [6.45, 7) is 0.307. The number of carbonyl (C=O) groups is 1. The van der Waals surface area contributed by atoms with E-state index in [1.807, 2.05) is 18.2 Å². The van der Waals surface area contributed by atoms with Crippen molar-refractivity contribution in [1.29, 1.82) is 0 Å². The van der Waals surface area contributed by atoms with Crippen molar-refractivity contribution in [1.82, 2.24) is 15.5 Å². The van der Waals surface area contributed by atoms with Gasteiger partial charge in [0, 0.05) is 12.1 Å². The molecule has 0 saturated heterocycles. The maximum absolute atomic E-state index is 11.5. The van der Waals surface area contributed by atoms with Gasteiger partial charge >= 0.3 is 0 Å². The van der Waals surface area contributed by atoms with Crippen LogP contribution < -0.4 is 15.8 Å². The monoisotopic (exact) mass is 246 g/mol. The summed E-state index contributed by atoms with van der Waals surface area (Å²) in [6.07, 6.45) is 1.58. The number of para-hydroxylation sites is 1. The first-order chi connectivity index (χ1) is 8.75. The van der Waals surface area contributed by atoms with Crippen LogP contribution in [0.3, 0.4) is 0 Å². The Hall–Kier alpha value is -2.50. The van der Waals surface area contributed by atoms with Crippen molar-refractivity contribution >= 4 is 11.7 Å². The molecule has 0 unspecified atom stereocenters. The van der Waals surface area contributed by atoms with Crippen molar-refractivity contribution in [2.75, 3.05) is 12.3 Å². The van der Waals surface area contributed by atoms with Gasteiger partial charge in [-0.25, -0.2) is 0 Å². The van der Waals surface area contributed by atoms with E-state index in [0.717, 1.165) is 5.56 Å². The molecule has 0 radical (unpaired) electrons. The number of anilines is 1. The second-order valence-corrected chi connectivity index (χ2v) is 3.69. The normalized spacial score (nSPS) is 10.0. The molecule has 0 saturated carbocycles. The highest BCUT2D eigenvalue weighted by atomic mass is 16.5. The van der Waals surface area contributed by atoms with Gasteiger partial charge in [-0.1, -0.05) is 18.2 Å². The van der Waals surface area contributed by atoms with Crippen LogP contribution >= 0.6 is 0 Å². The lowest BCUT2D eigenvalue weighted by Gasteiger charge is -2.06. The molecule has 0 bridgehead atoms. The average molecular weight is 246 g/mol. The zero-order valence-electron chi connectivity index (χ0n) is 9.72. The second kappa shape index (κ2) is 5.72. The Balaban J connectivity index is 1.75. The Morgan fingerprint density at radius 3 is 2.83 bits per heavy atom. The van der Waals surface area contributed by atoms with Crippen LogP contribution in [0, 0.1) is 0 Å². The van der Waals surface area contributed by atoms with Gasteiger partial charge in [0.05, 0.1) is 6.20 Å². The van der Waals surface area contributed by atoms with Gasteiger partial charge in [0.2, 0.25) is 0 Å². The number of ether oxygens (including phenoxy) is 1. The summed E-state index contributed by atoms with van der Waals surface area (Å²) >= 11 is 0. The highest BCUT2D eigenvalue weighted by molar-refractivity contribution is 5.77. The molecule has 1 aromatic carbocycles. The molecule has 94 valence electrons. The van der Waals surface area contributed by atoms with Gasteiger partial charge in [-0.15, -0.1) is 0 Å². The average Bonchev–Trinajstić information content (AvgIpc) is 2.81. The summed E-state index contributed by atoms with van der Waals surface area (Å²) in [4.78, 5) is 11.5. The van der Waals surface area contributed by atoms with Crippen molar-refractivity contribution in [2.24, 2.45) is 0 Å². The Kier molecular flexibility index (Phi) is 3.80. The van der Waals surface area contributed by atoms with Gasteiger partial charge in [0.1, 0.15) is 11.6 Å². The quantitative estimate of drug-likeness (QED) is 0.723. The molecule has 1 aromatic heterocycles. The summed E-state index contributed by atoms with van der Waals surface area (Å²) in [5.41, 5.74) is 6.34. The first-order valence-electron chi connectivity index (χ1n) is 5.48. The molecule has 0 fully saturated rings. The SMILES string of the molecule is Nc1[nH]ncc1CNC(=O)COc1ccccc1. The molecular formula is C12H14N4O2. The van der Waals surface area contributed by atoms with Crippen LogP contribution in [0.4, 0.5) is 5.82 Å². The molecule has 0 atom stereocenters. The van der Waals surface area contributed by atoms with E-state index in [1.165, 1.54) is 0 Å². The number of nitrogens with two attached hydrogens (primary N) is 1. The van der Waals surface area contributed by atoms with Crippen molar-refractivity contribution in [3.05, 3.63) is 42.1 Å². The number of nitrogen functional groups attached to an aromatic ring is 1. The van der Waals surface area contributed by atoms with E-state index in [9.17, 15) is 4.79 Å². The fraction of sp³-hybridized carbons (Fsp3) is 0.167. The van der Waals surface area contributed by atoms with Crippen LogP contribution in [-0.2, 0) is 11.3 Å². The van der Waals surface area contributed by atoms with Gasteiger partial charge in [0.15, 0.2) is 6.61 Å². The summed E-state index contributed by atoms with van der Waals surface area (Å²) in [5, 5.41) is 9.05. The van der Waals surface area contributed by atoms with Gasteiger partial charge in [-0.05, 0) is 12.1 Å². The summed E-state index contributed by atoms with van der Waals surface area (Å²) in [5.74, 6) is 0.911. The number of benzene rings is 1. The van der Waals surface area contributed by atoms with Crippen LogP contribution in [0.5, 0.6) is 5.75 Å². The molecule has 2 rings (SSSR count). The Morgan fingerprint density at radius 1 is 1.39 bits per heavy atom. The number of hydrogen-bond donors (Lipinski definition) is 3. The third-order valence-electron chi connectivity index (χ3n) is 2.34. The van der Waals surface area contributed by atoms with Gasteiger partial charge < -0.3 is 15.8 Å². The number of hydrogen-bond acceptors (Lipinski definition) is 4. The topological polar surface area (TPSA) is 93.0 Å². The molecule has 2 aromatic rings. The van der Waals surface area contributed by atoms with E-state index in [4.69, 9.17) is 10.5 Å². The van der Waals surface area contributed by atoms with E-state index in [2.05, 4.69) is 15.5 Å². The number of amides is 1. The third kappa shape index (κ3) is 3.24. The number of H-pyrrole nitrogens is 1. The zero-order valence-corrected chi connectivity index (χ0v) is 9.72. The molecule has 1 heterocycles. The van der Waals surface area contributed by atoms with Crippen molar-refractivity contribution in [3.8, 4) is 5.75 Å². The largest absolute Gasteiger partial charge is 0.484 e. The first-order valence-corrected chi connectivity index (χ1v) is 5.48. The lowest BCUT2D eigenvalue weighted by atomic mass is 10.3. The smallest absolute Gasteiger partial charge is 0.258 e. The Bertz CT molecular complexity index is 510. The van der Waals surface area contributed by atoms with E-state index in [1.54, 1.807) is 18.3 Å². The van der Waals surface area contributed by atoms with Crippen LogP contribution in [0.25, 0.3) is 0 Å². The Morgan fingerprint density at radius 2 is 2.17 bits per heavy atom. The molecule has 18 heavy (non-hydrogen) atoms. The number of nitrogens with one attached hydrogen (secondary N) is 2. The van der Waals surface area contributed by atoms with Gasteiger partial charge in [0.25, 0.3) is 5.91 Å². The van der Waals surface area contributed by atoms with Crippen molar-refractivity contribution in [3.63, 3.8) is 0 Å². The van der Waals surface area contributed by atoms with Gasteiger partial charge in [-0.2, -0.15) is 5.10 Å². The summed E-state index contributed by atoms with van der Waals surface area (Å²) < 4.78 is 5.30. The van der Waals surface area contributed by atoms with Crippen molar-refractivity contribution in [2.45, 2.75) is 6.54 Å².